The second-order valence-electron chi connectivity index (χ2n) is 5.48. The van der Waals surface area contributed by atoms with Gasteiger partial charge in [-0.25, -0.2) is 0 Å². The normalized spacial score (nSPS) is 10.5. The summed E-state index contributed by atoms with van der Waals surface area (Å²) in [6, 6.07) is 13.1. The van der Waals surface area contributed by atoms with Gasteiger partial charge in [0.15, 0.2) is 0 Å². The maximum atomic E-state index is 12.8. The largest absolute Gasteiger partial charge is 0.274 e. The van der Waals surface area contributed by atoms with E-state index in [9.17, 15) is 9.59 Å². The molecule has 0 bridgehead atoms. The summed E-state index contributed by atoms with van der Waals surface area (Å²) in [6.45, 7) is 2.46. The summed E-state index contributed by atoms with van der Waals surface area (Å²) < 4.78 is 0. The molecule has 2 amide bonds. The van der Waals surface area contributed by atoms with E-state index in [1.807, 2.05) is 0 Å². The van der Waals surface area contributed by atoms with E-state index in [4.69, 9.17) is 23.2 Å². The van der Waals surface area contributed by atoms with Gasteiger partial charge in [0.1, 0.15) is 0 Å². The molecule has 0 saturated heterocycles. The minimum atomic E-state index is -0.317. The molecular formula is C19H19Cl2NO2. The van der Waals surface area contributed by atoms with Crippen molar-refractivity contribution in [1.82, 2.24) is 4.90 Å². The molecule has 5 heteroatoms. The Balaban J connectivity index is 2.25. The van der Waals surface area contributed by atoms with Crippen LogP contribution in [-0.4, -0.2) is 23.3 Å². The lowest BCUT2D eigenvalue weighted by Gasteiger charge is -2.21. The van der Waals surface area contributed by atoms with Crippen molar-refractivity contribution in [1.29, 1.82) is 0 Å². The van der Waals surface area contributed by atoms with E-state index in [1.54, 1.807) is 48.5 Å². The molecule has 24 heavy (non-hydrogen) atoms. The second kappa shape index (κ2) is 8.86. The minimum Gasteiger partial charge on any atom is -0.274 e. The van der Waals surface area contributed by atoms with E-state index in [1.165, 1.54) is 4.90 Å². The Morgan fingerprint density at radius 2 is 1.21 bits per heavy atom. The monoisotopic (exact) mass is 363 g/mol. The number of carbonyl (C=O) groups is 2. The van der Waals surface area contributed by atoms with Crippen LogP contribution in [-0.2, 0) is 0 Å². The second-order valence-corrected chi connectivity index (χ2v) is 6.36. The molecule has 0 unspecified atom stereocenters. The van der Waals surface area contributed by atoms with Gasteiger partial charge in [0, 0.05) is 27.7 Å². The highest BCUT2D eigenvalue weighted by Gasteiger charge is 2.23. The Bertz CT molecular complexity index is 639. The molecule has 0 aliphatic rings. The number of nitrogens with zero attached hydrogens (tertiary/aromatic N) is 1. The number of carbonyl (C=O) groups excluding carboxylic acids is 2. The summed E-state index contributed by atoms with van der Waals surface area (Å²) in [6.07, 6.45) is 2.74. The molecule has 0 fully saturated rings. The van der Waals surface area contributed by atoms with Gasteiger partial charge < -0.3 is 0 Å². The fourth-order valence-corrected chi connectivity index (χ4v) is 2.56. The zero-order valence-electron chi connectivity index (χ0n) is 13.5. The molecule has 0 radical (unpaired) electrons. The first kappa shape index (κ1) is 18.5. The summed E-state index contributed by atoms with van der Waals surface area (Å²) in [7, 11) is 0. The Hall–Kier alpha value is -1.84. The highest BCUT2D eigenvalue weighted by molar-refractivity contribution is 6.31. The van der Waals surface area contributed by atoms with Crippen molar-refractivity contribution in [3.63, 3.8) is 0 Å². The Morgan fingerprint density at radius 1 is 0.792 bits per heavy atom. The van der Waals surface area contributed by atoms with Gasteiger partial charge in [0.25, 0.3) is 11.8 Å². The van der Waals surface area contributed by atoms with Crippen LogP contribution in [0.25, 0.3) is 0 Å². The maximum Gasteiger partial charge on any atom is 0.260 e. The number of benzene rings is 2. The van der Waals surface area contributed by atoms with E-state index in [0.29, 0.717) is 27.7 Å². The van der Waals surface area contributed by atoms with Crippen molar-refractivity contribution in [2.45, 2.75) is 26.2 Å². The van der Waals surface area contributed by atoms with Crippen molar-refractivity contribution >= 4 is 35.0 Å². The minimum absolute atomic E-state index is 0.317. The molecule has 126 valence electrons. The number of hydrogen-bond acceptors (Lipinski definition) is 2. The van der Waals surface area contributed by atoms with Crippen LogP contribution in [0.15, 0.2) is 48.5 Å². The van der Waals surface area contributed by atoms with Gasteiger partial charge in [-0.15, -0.1) is 0 Å². The molecule has 0 atom stereocenters. The Morgan fingerprint density at radius 3 is 1.58 bits per heavy atom. The third-order valence-corrected chi connectivity index (χ3v) is 4.16. The van der Waals surface area contributed by atoms with Crippen molar-refractivity contribution in [2.24, 2.45) is 0 Å². The van der Waals surface area contributed by atoms with Crippen LogP contribution in [0.4, 0.5) is 0 Å². The van der Waals surface area contributed by atoms with E-state index in [0.717, 1.165) is 19.3 Å². The number of halogens is 2. The van der Waals surface area contributed by atoms with Gasteiger partial charge in [-0.1, -0.05) is 43.0 Å². The fraction of sp³-hybridized carbons (Fsp3) is 0.263. The first-order chi connectivity index (χ1) is 11.5. The summed E-state index contributed by atoms with van der Waals surface area (Å²) in [5, 5.41) is 1.10. The van der Waals surface area contributed by atoms with Crippen molar-refractivity contribution < 1.29 is 9.59 Å². The lowest BCUT2D eigenvalue weighted by molar-refractivity contribution is 0.0613. The Kier molecular flexibility index (Phi) is 6.83. The quantitative estimate of drug-likeness (QED) is 0.504. The highest BCUT2D eigenvalue weighted by Crippen LogP contribution is 2.16. The number of hydrogen-bond donors (Lipinski definition) is 0. The number of unbranched alkanes of at least 4 members (excludes halogenated alkanes) is 2. The van der Waals surface area contributed by atoms with Gasteiger partial charge in [-0.2, -0.15) is 0 Å². The fourth-order valence-electron chi connectivity index (χ4n) is 2.31. The molecule has 0 saturated carbocycles. The van der Waals surface area contributed by atoms with Crippen LogP contribution in [0.5, 0.6) is 0 Å². The predicted molar refractivity (Wildman–Crippen MR) is 97.8 cm³/mol. The van der Waals surface area contributed by atoms with Crippen molar-refractivity contribution in [3.8, 4) is 0 Å². The summed E-state index contributed by atoms with van der Waals surface area (Å²) in [5.74, 6) is -0.634. The third kappa shape index (κ3) is 4.83. The van der Waals surface area contributed by atoms with Crippen molar-refractivity contribution in [3.05, 3.63) is 69.7 Å². The average Bonchev–Trinajstić information content (AvgIpc) is 2.59. The summed E-state index contributed by atoms with van der Waals surface area (Å²) in [4.78, 5) is 26.8. The molecule has 2 aromatic carbocycles. The molecule has 0 aliphatic heterocycles. The van der Waals surface area contributed by atoms with Crippen LogP contribution >= 0.6 is 23.2 Å². The Labute approximate surface area is 152 Å². The molecule has 0 aromatic heterocycles. The average molecular weight is 364 g/mol. The van der Waals surface area contributed by atoms with Crippen LogP contribution in [0.3, 0.4) is 0 Å². The van der Waals surface area contributed by atoms with E-state index < -0.39 is 0 Å². The number of rotatable bonds is 6. The summed E-state index contributed by atoms with van der Waals surface area (Å²) >= 11 is 11.7. The molecule has 2 rings (SSSR count). The molecular weight excluding hydrogens is 345 g/mol. The van der Waals surface area contributed by atoms with Crippen LogP contribution in [0.1, 0.15) is 46.9 Å². The van der Waals surface area contributed by atoms with Gasteiger partial charge in [-0.05, 0) is 55.0 Å². The maximum absolute atomic E-state index is 12.8. The zero-order chi connectivity index (χ0) is 17.5. The van der Waals surface area contributed by atoms with Crippen LogP contribution in [0.2, 0.25) is 10.0 Å². The number of imide groups is 1. The smallest absolute Gasteiger partial charge is 0.260 e. The SMILES string of the molecule is CCCCCN(C(=O)c1ccc(Cl)cc1)C(=O)c1ccc(Cl)cc1. The molecule has 0 aliphatic carbocycles. The lowest BCUT2D eigenvalue weighted by atomic mass is 10.1. The van der Waals surface area contributed by atoms with Gasteiger partial charge >= 0.3 is 0 Å². The molecule has 0 spiro atoms. The summed E-state index contributed by atoms with van der Waals surface area (Å²) in [5.41, 5.74) is 0.886. The molecule has 0 heterocycles. The molecule has 3 nitrogen and oxygen atoms in total. The van der Waals surface area contributed by atoms with Gasteiger partial charge in [0.05, 0.1) is 0 Å². The molecule has 2 aromatic rings. The standard InChI is InChI=1S/C19H19Cl2NO2/c1-2-3-4-13-22(18(23)14-5-9-16(20)10-6-14)19(24)15-7-11-17(21)12-8-15/h5-12H,2-4,13H2,1H3. The third-order valence-electron chi connectivity index (χ3n) is 3.66. The first-order valence-corrected chi connectivity index (χ1v) is 8.66. The zero-order valence-corrected chi connectivity index (χ0v) is 15.0. The number of amides is 2. The van der Waals surface area contributed by atoms with E-state index >= 15 is 0 Å². The van der Waals surface area contributed by atoms with Crippen LogP contribution in [0, 0.1) is 0 Å². The van der Waals surface area contributed by atoms with E-state index in [2.05, 4.69) is 6.92 Å². The van der Waals surface area contributed by atoms with E-state index in [-0.39, 0.29) is 11.8 Å². The topological polar surface area (TPSA) is 37.4 Å². The van der Waals surface area contributed by atoms with Gasteiger partial charge in [0.2, 0.25) is 0 Å². The highest BCUT2D eigenvalue weighted by atomic mass is 35.5. The van der Waals surface area contributed by atoms with Crippen LogP contribution < -0.4 is 0 Å². The van der Waals surface area contributed by atoms with Gasteiger partial charge in [-0.3, -0.25) is 14.5 Å². The lowest BCUT2D eigenvalue weighted by Crippen LogP contribution is -2.37. The predicted octanol–water partition coefficient (Wildman–Crippen LogP) is 5.47. The first-order valence-electron chi connectivity index (χ1n) is 7.90. The molecule has 0 N–H and O–H groups in total. The van der Waals surface area contributed by atoms with Crippen molar-refractivity contribution in [2.75, 3.05) is 6.54 Å².